The molecule has 8 heteroatoms. The zero-order valence-electron chi connectivity index (χ0n) is 16.6. The fraction of sp³-hybridized carbons (Fsp3) is 0.238. The summed E-state index contributed by atoms with van der Waals surface area (Å²) in [6.45, 7) is 0.747. The third-order valence-electron chi connectivity index (χ3n) is 4.38. The predicted molar refractivity (Wildman–Crippen MR) is 111 cm³/mol. The number of amides is 1. The lowest BCUT2D eigenvalue weighted by atomic mass is 10.2. The minimum Gasteiger partial charge on any atom is -0.497 e. The predicted octanol–water partition coefficient (Wildman–Crippen LogP) is 2.82. The van der Waals surface area contributed by atoms with Crippen LogP contribution in [0, 0.1) is 0 Å². The van der Waals surface area contributed by atoms with E-state index >= 15 is 0 Å². The second-order valence-corrected chi connectivity index (χ2v) is 6.32. The van der Waals surface area contributed by atoms with Gasteiger partial charge >= 0.3 is 0 Å². The van der Waals surface area contributed by atoms with Crippen LogP contribution in [0.2, 0.25) is 0 Å². The van der Waals surface area contributed by atoms with E-state index in [2.05, 4.69) is 20.3 Å². The summed E-state index contributed by atoms with van der Waals surface area (Å²) in [5.74, 6) is 1.37. The van der Waals surface area contributed by atoms with E-state index in [4.69, 9.17) is 9.47 Å². The molecule has 1 amide bonds. The van der Waals surface area contributed by atoms with Crippen LogP contribution in [0.5, 0.6) is 11.5 Å². The summed E-state index contributed by atoms with van der Waals surface area (Å²) < 4.78 is 10.5. The maximum atomic E-state index is 12.6. The Morgan fingerprint density at radius 3 is 2.45 bits per heavy atom. The van der Waals surface area contributed by atoms with E-state index in [1.165, 1.54) is 25.1 Å². The van der Waals surface area contributed by atoms with Gasteiger partial charge in [0.25, 0.3) is 5.91 Å². The first-order valence-electron chi connectivity index (χ1n) is 9.06. The molecule has 2 heterocycles. The quantitative estimate of drug-likeness (QED) is 0.629. The summed E-state index contributed by atoms with van der Waals surface area (Å²) >= 11 is 0. The zero-order chi connectivity index (χ0) is 20.6. The number of nitrogens with one attached hydrogen (secondary N) is 1. The van der Waals surface area contributed by atoms with Gasteiger partial charge in [-0.1, -0.05) is 0 Å². The third kappa shape index (κ3) is 5.19. The lowest BCUT2D eigenvalue weighted by Crippen LogP contribution is -2.23. The summed E-state index contributed by atoms with van der Waals surface area (Å²) in [5.41, 5.74) is 2.05. The maximum absolute atomic E-state index is 12.6. The van der Waals surface area contributed by atoms with Gasteiger partial charge in [0.1, 0.15) is 11.5 Å². The number of pyridine rings is 1. The van der Waals surface area contributed by atoms with E-state index < -0.39 is 0 Å². The highest BCUT2D eigenvalue weighted by Gasteiger charge is 2.13. The SMILES string of the molecule is COc1ccc(OC)c(NC(=O)c2cnc(N(C)CCc3ccncc3)nc2)c1. The van der Waals surface area contributed by atoms with Gasteiger partial charge in [-0.3, -0.25) is 9.78 Å². The van der Waals surface area contributed by atoms with Crippen molar-refractivity contribution in [3.63, 3.8) is 0 Å². The molecule has 0 unspecified atom stereocenters. The lowest BCUT2D eigenvalue weighted by Gasteiger charge is -2.17. The molecule has 8 nitrogen and oxygen atoms in total. The highest BCUT2D eigenvalue weighted by Crippen LogP contribution is 2.29. The van der Waals surface area contributed by atoms with Crippen molar-refractivity contribution in [2.24, 2.45) is 0 Å². The Kier molecular flexibility index (Phi) is 6.57. The van der Waals surface area contributed by atoms with Crippen LogP contribution in [0.4, 0.5) is 11.6 Å². The Hall–Kier alpha value is -3.68. The number of anilines is 2. The Bertz CT molecular complexity index is 948. The van der Waals surface area contributed by atoms with Crippen LogP contribution < -0.4 is 19.7 Å². The number of nitrogens with zero attached hydrogens (tertiary/aromatic N) is 4. The van der Waals surface area contributed by atoms with E-state index in [9.17, 15) is 4.79 Å². The average Bonchev–Trinajstić information content (AvgIpc) is 2.78. The van der Waals surface area contributed by atoms with Crippen molar-refractivity contribution in [2.75, 3.05) is 38.0 Å². The summed E-state index contributed by atoms with van der Waals surface area (Å²) in [7, 11) is 5.01. The molecule has 0 aliphatic carbocycles. The average molecular weight is 393 g/mol. The van der Waals surface area contributed by atoms with Crippen LogP contribution in [-0.2, 0) is 6.42 Å². The van der Waals surface area contributed by atoms with E-state index in [1.54, 1.807) is 37.7 Å². The second-order valence-electron chi connectivity index (χ2n) is 6.32. The number of methoxy groups -OCH3 is 2. The maximum Gasteiger partial charge on any atom is 0.258 e. The second kappa shape index (κ2) is 9.50. The van der Waals surface area contributed by atoms with Crippen LogP contribution in [0.1, 0.15) is 15.9 Å². The highest BCUT2D eigenvalue weighted by molar-refractivity contribution is 6.04. The fourth-order valence-electron chi connectivity index (χ4n) is 2.69. The summed E-state index contributed by atoms with van der Waals surface area (Å²) in [6.07, 6.45) is 7.41. The van der Waals surface area contributed by atoms with Crippen LogP contribution in [0.25, 0.3) is 0 Å². The molecule has 1 N–H and O–H groups in total. The Morgan fingerprint density at radius 1 is 1.07 bits per heavy atom. The van der Waals surface area contributed by atoms with Gasteiger partial charge in [0, 0.05) is 44.4 Å². The molecule has 0 radical (unpaired) electrons. The van der Waals surface area contributed by atoms with Crippen molar-refractivity contribution in [3.8, 4) is 11.5 Å². The number of benzene rings is 1. The number of ether oxygens (including phenoxy) is 2. The molecular weight excluding hydrogens is 370 g/mol. The summed E-state index contributed by atoms with van der Waals surface area (Å²) in [6, 6.07) is 9.14. The first-order chi connectivity index (χ1) is 14.1. The van der Waals surface area contributed by atoms with Gasteiger partial charge in [-0.15, -0.1) is 0 Å². The third-order valence-corrected chi connectivity index (χ3v) is 4.38. The first kappa shape index (κ1) is 20.1. The number of aromatic nitrogens is 3. The van der Waals surface area contributed by atoms with Gasteiger partial charge in [0.2, 0.25) is 5.95 Å². The van der Waals surface area contributed by atoms with Gasteiger partial charge in [-0.2, -0.15) is 0 Å². The van der Waals surface area contributed by atoms with Gasteiger partial charge in [0.05, 0.1) is 25.5 Å². The minimum absolute atomic E-state index is 0.331. The van der Waals surface area contributed by atoms with Crippen LogP contribution in [-0.4, -0.2) is 48.7 Å². The number of hydrogen-bond acceptors (Lipinski definition) is 7. The van der Waals surface area contributed by atoms with E-state index in [0.29, 0.717) is 28.7 Å². The molecule has 29 heavy (non-hydrogen) atoms. The number of carbonyl (C=O) groups excluding carboxylic acids is 1. The molecule has 0 aliphatic heterocycles. The van der Waals surface area contributed by atoms with Crippen LogP contribution in [0.3, 0.4) is 0 Å². The largest absolute Gasteiger partial charge is 0.497 e. The molecule has 0 atom stereocenters. The van der Waals surface area contributed by atoms with Crippen molar-refractivity contribution in [2.45, 2.75) is 6.42 Å². The Morgan fingerprint density at radius 2 is 1.79 bits per heavy atom. The Balaban J connectivity index is 1.64. The van der Waals surface area contributed by atoms with Gasteiger partial charge < -0.3 is 19.7 Å². The lowest BCUT2D eigenvalue weighted by molar-refractivity contribution is 0.102. The van der Waals surface area contributed by atoms with Crippen molar-refractivity contribution in [3.05, 3.63) is 66.2 Å². The van der Waals surface area contributed by atoms with Crippen LogP contribution >= 0.6 is 0 Å². The van der Waals surface area contributed by atoms with E-state index in [0.717, 1.165) is 13.0 Å². The minimum atomic E-state index is -0.331. The number of hydrogen-bond donors (Lipinski definition) is 1. The van der Waals surface area contributed by atoms with E-state index in [-0.39, 0.29) is 5.91 Å². The molecule has 3 rings (SSSR count). The Labute approximate surface area is 169 Å². The number of likely N-dealkylation sites (N-methyl/N-ethyl adjacent to an activating group) is 1. The van der Waals surface area contributed by atoms with Gasteiger partial charge in [-0.25, -0.2) is 9.97 Å². The molecule has 0 saturated carbocycles. The standard InChI is InChI=1S/C21H23N5O3/c1-26(11-8-15-6-9-22-10-7-15)21-23-13-16(14-24-21)20(27)25-18-12-17(28-2)4-5-19(18)29-3/h4-7,9-10,12-14H,8,11H2,1-3H3,(H,25,27). The van der Waals surface area contributed by atoms with Crippen molar-refractivity contribution >= 4 is 17.5 Å². The fourth-order valence-corrected chi connectivity index (χ4v) is 2.69. The van der Waals surface area contributed by atoms with Crippen molar-refractivity contribution in [1.29, 1.82) is 0 Å². The number of carbonyl (C=O) groups is 1. The highest BCUT2D eigenvalue weighted by atomic mass is 16.5. The topological polar surface area (TPSA) is 89.5 Å². The summed E-state index contributed by atoms with van der Waals surface area (Å²) in [4.78, 5) is 27.2. The van der Waals surface area contributed by atoms with E-state index in [1.807, 2.05) is 24.1 Å². The molecule has 150 valence electrons. The van der Waals surface area contributed by atoms with Crippen molar-refractivity contribution in [1.82, 2.24) is 15.0 Å². The first-order valence-corrected chi connectivity index (χ1v) is 9.06. The zero-order valence-corrected chi connectivity index (χ0v) is 16.6. The van der Waals surface area contributed by atoms with Crippen molar-refractivity contribution < 1.29 is 14.3 Å². The summed E-state index contributed by atoms with van der Waals surface area (Å²) in [5, 5.41) is 2.80. The van der Waals surface area contributed by atoms with Gasteiger partial charge in [-0.05, 0) is 36.2 Å². The molecular formula is C21H23N5O3. The molecule has 3 aromatic rings. The molecule has 0 bridgehead atoms. The van der Waals surface area contributed by atoms with Gasteiger partial charge in [0.15, 0.2) is 0 Å². The van der Waals surface area contributed by atoms with Crippen LogP contribution in [0.15, 0.2) is 55.1 Å². The monoisotopic (exact) mass is 393 g/mol. The smallest absolute Gasteiger partial charge is 0.258 e. The normalized spacial score (nSPS) is 10.3. The molecule has 0 fully saturated rings. The molecule has 1 aromatic carbocycles. The number of rotatable bonds is 8. The molecule has 2 aromatic heterocycles. The molecule has 0 saturated heterocycles. The molecule has 0 spiro atoms. The molecule has 0 aliphatic rings.